The minimum Gasteiger partial charge on any atom is -0.457 e. The molecular weight excluding hydrogens is 280 g/mol. The quantitative estimate of drug-likeness (QED) is 0.687. The van der Waals surface area contributed by atoms with Gasteiger partial charge in [-0.25, -0.2) is 0 Å². The number of methoxy groups -OCH3 is 1. The minimum absolute atomic E-state index is 0.121. The maximum absolute atomic E-state index is 11.8. The van der Waals surface area contributed by atoms with Gasteiger partial charge in [0, 0.05) is 20.0 Å². The summed E-state index contributed by atoms with van der Waals surface area (Å²) in [5, 5.41) is 0. The number of carbonyl (C=O) groups is 1. The number of esters is 1. The van der Waals surface area contributed by atoms with Crippen molar-refractivity contribution < 1.29 is 19.0 Å². The summed E-state index contributed by atoms with van der Waals surface area (Å²) in [5.74, 6) is -0.157. The molecule has 1 unspecified atom stereocenters. The number of rotatable bonds is 5. The van der Waals surface area contributed by atoms with Crippen LogP contribution >= 0.6 is 0 Å². The van der Waals surface area contributed by atoms with Gasteiger partial charge >= 0.3 is 5.97 Å². The molecule has 22 heavy (non-hydrogen) atoms. The van der Waals surface area contributed by atoms with Crippen molar-refractivity contribution in [3.8, 4) is 0 Å². The third kappa shape index (κ3) is 7.59. The van der Waals surface area contributed by atoms with Crippen molar-refractivity contribution in [1.82, 2.24) is 0 Å². The molecule has 1 aliphatic rings. The molecule has 4 heteroatoms. The lowest BCUT2D eigenvalue weighted by atomic mass is 9.86. The van der Waals surface area contributed by atoms with Crippen LogP contribution in [0.25, 0.3) is 0 Å². The van der Waals surface area contributed by atoms with Crippen LogP contribution in [0.5, 0.6) is 0 Å². The zero-order valence-electron chi connectivity index (χ0n) is 16.2. The van der Waals surface area contributed by atoms with Crippen molar-refractivity contribution in [3.63, 3.8) is 0 Å². The highest BCUT2D eigenvalue weighted by atomic mass is 16.6. The fourth-order valence-corrected chi connectivity index (χ4v) is 2.61. The number of hydrogen-bond acceptors (Lipinski definition) is 4. The third-order valence-corrected chi connectivity index (χ3v) is 3.63. The van der Waals surface area contributed by atoms with Crippen molar-refractivity contribution in [2.24, 2.45) is 0 Å². The molecule has 1 aliphatic heterocycles. The van der Waals surface area contributed by atoms with Crippen LogP contribution in [0, 0.1) is 0 Å². The zero-order chi connectivity index (χ0) is 17.8. The average molecular weight is 318 g/mol. The Balaban J connectivity index is 0. The fraction of sp³-hybridized carbons (Fsp3) is 0.944. The van der Waals surface area contributed by atoms with E-state index in [-0.39, 0.29) is 24.3 Å². The summed E-state index contributed by atoms with van der Waals surface area (Å²) in [7, 11) is 1.66. The van der Waals surface area contributed by atoms with Crippen molar-refractivity contribution in [1.29, 1.82) is 0 Å². The van der Waals surface area contributed by atoms with Crippen LogP contribution in [0.1, 0.15) is 81.1 Å². The van der Waals surface area contributed by atoms with Crippen LogP contribution in [-0.2, 0) is 19.0 Å². The third-order valence-electron chi connectivity index (χ3n) is 3.63. The predicted octanol–water partition coefficient (Wildman–Crippen LogP) is 4.74. The number of ether oxygens (including phenoxy) is 3. The molecule has 1 fully saturated rings. The van der Waals surface area contributed by atoms with Crippen molar-refractivity contribution >= 4 is 5.97 Å². The maximum atomic E-state index is 11.8. The Bertz CT molecular complexity index is 280. The summed E-state index contributed by atoms with van der Waals surface area (Å²) in [5.41, 5.74) is -0.459. The molecule has 0 aromatic rings. The molecule has 4 nitrogen and oxygen atoms in total. The Hall–Kier alpha value is -0.610. The Morgan fingerprint density at radius 2 is 1.77 bits per heavy atom. The second kappa shape index (κ2) is 12.9. The summed E-state index contributed by atoms with van der Waals surface area (Å²) >= 11 is 0. The lowest BCUT2D eigenvalue weighted by molar-refractivity contribution is -0.226. The van der Waals surface area contributed by atoms with Gasteiger partial charge in [0.25, 0.3) is 0 Å². The Morgan fingerprint density at radius 1 is 1.23 bits per heavy atom. The normalized spacial score (nSPS) is 30.3. The second-order valence-corrected chi connectivity index (χ2v) is 5.39. The van der Waals surface area contributed by atoms with Gasteiger partial charge in [-0.05, 0) is 27.2 Å². The van der Waals surface area contributed by atoms with E-state index < -0.39 is 5.60 Å². The van der Waals surface area contributed by atoms with Crippen LogP contribution in [-0.4, -0.2) is 37.0 Å². The van der Waals surface area contributed by atoms with Crippen LogP contribution in [0.4, 0.5) is 0 Å². The van der Waals surface area contributed by atoms with E-state index in [0.29, 0.717) is 6.42 Å². The molecule has 0 radical (unpaired) electrons. The molecule has 1 saturated heterocycles. The monoisotopic (exact) mass is 318 g/mol. The Kier molecular flexibility index (Phi) is 13.9. The Morgan fingerprint density at radius 3 is 2.23 bits per heavy atom. The smallest absolute Gasteiger partial charge is 0.306 e. The van der Waals surface area contributed by atoms with E-state index in [4.69, 9.17) is 14.2 Å². The molecular formula is C18H38O4. The van der Waals surface area contributed by atoms with Gasteiger partial charge in [0.1, 0.15) is 5.60 Å². The summed E-state index contributed by atoms with van der Waals surface area (Å²) < 4.78 is 16.9. The minimum atomic E-state index is -0.459. The first-order chi connectivity index (χ1) is 10.4. The fourth-order valence-electron chi connectivity index (χ4n) is 2.61. The van der Waals surface area contributed by atoms with Gasteiger partial charge in [-0.15, -0.1) is 0 Å². The van der Waals surface area contributed by atoms with E-state index in [1.54, 1.807) is 7.11 Å². The number of unbranched alkanes of at least 4 members (excludes halogenated alkanes) is 1. The van der Waals surface area contributed by atoms with E-state index in [1.807, 2.05) is 48.5 Å². The van der Waals surface area contributed by atoms with Gasteiger partial charge in [-0.2, -0.15) is 0 Å². The van der Waals surface area contributed by atoms with Crippen LogP contribution in [0.3, 0.4) is 0 Å². The lowest BCUT2D eigenvalue weighted by Crippen LogP contribution is -2.57. The maximum Gasteiger partial charge on any atom is 0.306 e. The largest absolute Gasteiger partial charge is 0.457 e. The van der Waals surface area contributed by atoms with Crippen LogP contribution in [0.15, 0.2) is 0 Å². The van der Waals surface area contributed by atoms with Crippen LogP contribution in [0.2, 0.25) is 0 Å². The van der Waals surface area contributed by atoms with Gasteiger partial charge in [-0.1, -0.05) is 41.0 Å². The topological polar surface area (TPSA) is 44.8 Å². The van der Waals surface area contributed by atoms with Gasteiger partial charge in [0.15, 0.2) is 6.10 Å². The molecule has 0 bridgehead atoms. The summed E-state index contributed by atoms with van der Waals surface area (Å²) in [6.45, 7) is 16.0. The van der Waals surface area contributed by atoms with E-state index in [2.05, 4.69) is 6.92 Å². The molecule has 1 rings (SSSR count). The average Bonchev–Trinajstić information content (AvgIpc) is 2.52. The van der Waals surface area contributed by atoms with Gasteiger partial charge < -0.3 is 14.2 Å². The molecule has 4 atom stereocenters. The molecule has 1 heterocycles. The highest BCUT2D eigenvalue weighted by molar-refractivity contribution is 5.69. The van der Waals surface area contributed by atoms with Gasteiger partial charge in [0.05, 0.1) is 12.2 Å². The van der Waals surface area contributed by atoms with E-state index >= 15 is 0 Å². The van der Waals surface area contributed by atoms with Gasteiger partial charge in [-0.3, -0.25) is 4.79 Å². The molecule has 0 spiro atoms. The molecule has 0 aliphatic carbocycles. The van der Waals surface area contributed by atoms with Gasteiger partial charge in [0.2, 0.25) is 0 Å². The molecule has 0 amide bonds. The number of carbonyl (C=O) groups excluding carboxylic acids is 1. The highest BCUT2D eigenvalue weighted by Gasteiger charge is 2.46. The van der Waals surface area contributed by atoms with E-state index in [1.165, 1.54) is 0 Å². The summed E-state index contributed by atoms with van der Waals surface area (Å²) in [6.07, 6.45) is 2.71. The molecule has 0 aromatic carbocycles. The number of hydrogen-bond donors (Lipinski definition) is 0. The van der Waals surface area contributed by atoms with E-state index in [9.17, 15) is 4.79 Å². The predicted molar refractivity (Wildman–Crippen MR) is 92.1 cm³/mol. The first-order valence-electron chi connectivity index (χ1n) is 8.83. The first-order valence-corrected chi connectivity index (χ1v) is 8.83. The molecule has 0 saturated carbocycles. The van der Waals surface area contributed by atoms with E-state index in [0.717, 1.165) is 19.3 Å². The molecule has 0 N–H and O–H groups in total. The van der Waals surface area contributed by atoms with Crippen molar-refractivity contribution in [3.05, 3.63) is 0 Å². The second-order valence-electron chi connectivity index (χ2n) is 5.39. The van der Waals surface area contributed by atoms with Crippen LogP contribution < -0.4 is 0 Å². The summed E-state index contributed by atoms with van der Waals surface area (Å²) in [4.78, 5) is 11.8. The molecule has 0 aromatic heterocycles. The Labute approximate surface area is 137 Å². The van der Waals surface area contributed by atoms with Crippen molar-refractivity contribution in [2.75, 3.05) is 7.11 Å². The first kappa shape index (κ1) is 23.7. The summed E-state index contributed by atoms with van der Waals surface area (Å²) in [6, 6.07) is 0. The van der Waals surface area contributed by atoms with Crippen molar-refractivity contribution in [2.45, 2.75) is 105 Å². The highest BCUT2D eigenvalue weighted by Crippen LogP contribution is 2.34. The standard InChI is InChI=1S/C14H26O4.2C2H6/c1-6-7-8-12(15)18-13-11(3)17-10(2)9-14(13,4)16-5;2*1-2/h10-11,13H,6-9H2,1-5H3;2*1-2H3/t10-,11?,13-,14+;;/m0../s1. The zero-order valence-corrected chi connectivity index (χ0v) is 16.2. The SMILES string of the molecule is CC.CC.CCCCC(=O)O[C@H]1C(C)O[C@@H](C)C[C@@]1(C)OC. The lowest BCUT2D eigenvalue weighted by Gasteiger charge is -2.45. The molecule has 134 valence electrons.